The van der Waals surface area contributed by atoms with Crippen LogP contribution in [0.2, 0.25) is 0 Å². The predicted octanol–water partition coefficient (Wildman–Crippen LogP) is 1.29. The van der Waals surface area contributed by atoms with Crippen LogP contribution in [0.1, 0.15) is 35.4 Å². The summed E-state index contributed by atoms with van der Waals surface area (Å²) in [6.45, 7) is 1.21. The van der Waals surface area contributed by atoms with E-state index < -0.39 is 26.0 Å². The number of carbonyl (C=O) groups is 1. The average Bonchev–Trinajstić information content (AvgIpc) is 3.24. The molecule has 2 heterocycles. The average molecular weight is 442 g/mol. The smallest absolute Gasteiger partial charge is 0.287 e. The van der Waals surface area contributed by atoms with E-state index >= 15 is 0 Å². The van der Waals surface area contributed by atoms with E-state index in [2.05, 4.69) is 10.0 Å². The highest BCUT2D eigenvalue weighted by Crippen LogP contribution is 2.21. The van der Waals surface area contributed by atoms with Crippen LogP contribution in [-0.2, 0) is 26.6 Å². The number of hydrogen-bond acceptors (Lipinski definition) is 6. The van der Waals surface area contributed by atoms with Crippen molar-refractivity contribution in [2.24, 2.45) is 0 Å². The Bertz CT molecular complexity index is 1070. The molecule has 1 aliphatic heterocycles. The minimum Gasteiger partial charge on any atom is -0.438 e. The van der Waals surface area contributed by atoms with Crippen LogP contribution in [0.3, 0.4) is 0 Å². The van der Waals surface area contributed by atoms with E-state index in [4.69, 9.17) is 4.42 Å². The Morgan fingerprint density at radius 1 is 1.00 bits per heavy atom. The lowest BCUT2D eigenvalue weighted by atomic mass is 10.2. The maximum atomic E-state index is 12.6. The second-order valence-electron chi connectivity index (χ2n) is 6.62. The number of carbonyl (C=O) groups excluding carboxylic acids is 1. The minimum atomic E-state index is -3.76. The van der Waals surface area contributed by atoms with E-state index in [0.29, 0.717) is 18.7 Å². The maximum absolute atomic E-state index is 12.6. The number of nitrogens with zero attached hydrogens (tertiary/aromatic N) is 1. The fourth-order valence-electron chi connectivity index (χ4n) is 2.99. The summed E-state index contributed by atoms with van der Waals surface area (Å²) in [4.78, 5) is 12.4. The standard InChI is InChI=1S/C18H23N3O6S2/c1-19-28(23,24)17-10-9-16(27-17)18(22)20-13-14-5-7-15(8-6-14)29(25,26)21-11-3-2-4-12-21/h5-10,19H,2-4,11-13H2,1H3,(H,20,22). The van der Waals surface area contributed by atoms with Crippen molar-refractivity contribution in [2.75, 3.05) is 20.1 Å². The zero-order chi connectivity index (χ0) is 21.1. The molecule has 1 aromatic heterocycles. The molecular weight excluding hydrogens is 418 g/mol. The molecule has 3 rings (SSSR count). The summed E-state index contributed by atoms with van der Waals surface area (Å²) in [6, 6.07) is 8.78. The van der Waals surface area contributed by atoms with Gasteiger partial charge in [0.1, 0.15) is 0 Å². The minimum absolute atomic E-state index is 0.136. The van der Waals surface area contributed by atoms with Crippen molar-refractivity contribution in [1.82, 2.24) is 14.3 Å². The first-order valence-electron chi connectivity index (χ1n) is 9.15. The monoisotopic (exact) mass is 441 g/mol. The fourth-order valence-corrected chi connectivity index (χ4v) is 5.16. The molecule has 1 aliphatic rings. The lowest BCUT2D eigenvalue weighted by Gasteiger charge is -2.25. The number of nitrogens with one attached hydrogen (secondary N) is 2. The highest BCUT2D eigenvalue weighted by Gasteiger charge is 2.25. The Hall–Kier alpha value is -2.21. The third-order valence-corrected chi connectivity index (χ3v) is 7.87. The Morgan fingerprint density at radius 2 is 1.66 bits per heavy atom. The first-order valence-corrected chi connectivity index (χ1v) is 12.1. The molecule has 0 bridgehead atoms. The summed E-state index contributed by atoms with van der Waals surface area (Å²) in [5.74, 6) is -0.712. The van der Waals surface area contributed by atoms with Gasteiger partial charge in [-0.25, -0.2) is 21.6 Å². The van der Waals surface area contributed by atoms with Gasteiger partial charge in [-0.2, -0.15) is 4.31 Å². The molecule has 1 amide bonds. The molecule has 0 atom stereocenters. The van der Waals surface area contributed by atoms with Crippen LogP contribution in [0.15, 0.2) is 50.8 Å². The molecule has 1 fully saturated rings. The van der Waals surface area contributed by atoms with E-state index in [0.717, 1.165) is 19.3 Å². The number of amides is 1. The topological polar surface area (TPSA) is 126 Å². The van der Waals surface area contributed by atoms with Gasteiger partial charge in [-0.3, -0.25) is 4.79 Å². The van der Waals surface area contributed by atoms with E-state index in [1.807, 2.05) is 0 Å². The molecule has 29 heavy (non-hydrogen) atoms. The molecule has 9 nitrogen and oxygen atoms in total. The van der Waals surface area contributed by atoms with Gasteiger partial charge in [0.2, 0.25) is 15.1 Å². The molecule has 1 aromatic carbocycles. The highest BCUT2D eigenvalue weighted by molar-refractivity contribution is 7.89. The Labute approximate surface area is 170 Å². The molecular formula is C18H23N3O6S2. The highest BCUT2D eigenvalue weighted by atomic mass is 32.2. The number of rotatable bonds is 7. The summed E-state index contributed by atoms with van der Waals surface area (Å²) in [5.41, 5.74) is 0.700. The summed E-state index contributed by atoms with van der Waals surface area (Å²) >= 11 is 0. The second-order valence-corrected chi connectivity index (χ2v) is 10.4. The SMILES string of the molecule is CNS(=O)(=O)c1ccc(C(=O)NCc2ccc(S(=O)(=O)N3CCCCC3)cc2)o1. The Morgan fingerprint density at radius 3 is 2.28 bits per heavy atom. The predicted molar refractivity (Wildman–Crippen MR) is 105 cm³/mol. The van der Waals surface area contributed by atoms with Gasteiger partial charge in [-0.1, -0.05) is 18.6 Å². The summed E-state index contributed by atoms with van der Waals surface area (Å²) < 4.78 is 57.3. The second kappa shape index (κ2) is 8.66. The molecule has 0 unspecified atom stereocenters. The van der Waals surface area contributed by atoms with Gasteiger partial charge in [0, 0.05) is 19.6 Å². The van der Waals surface area contributed by atoms with Gasteiger partial charge in [0.05, 0.1) is 4.90 Å². The lowest BCUT2D eigenvalue weighted by Crippen LogP contribution is -2.35. The van der Waals surface area contributed by atoms with Crippen LogP contribution in [0, 0.1) is 0 Å². The van der Waals surface area contributed by atoms with E-state index in [1.54, 1.807) is 12.1 Å². The third kappa shape index (κ3) is 4.86. The van der Waals surface area contributed by atoms with E-state index in [9.17, 15) is 21.6 Å². The number of sulfonamides is 2. The number of benzene rings is 1. The third-order valence-electron chi connectivity index (χ3n) is 4.67. The fraction of sp³-hybridized carbons (Fsp3) is 0.389. The van der Waals surface area contributed by atoms with Gasteiger partial charge >= 0.3 is 0 Å². The largest absolute Gasteiger partial charge is 0.438 e. The van der Waals surface area contributed by atoms with Gasteiger partial charge < -0.3 is 9.73 Å². The lowest BCUT2D eigenvalue weighted by molar-refractivity contribution is 0.0917. The van der Waals surface area contributed by atoms with Crippen molar-refractivity contribution < 1.29 is 26.0 Å². The van der Waals surface area contributed by atoms with Gasteiger partial charge in [0.15, 0.2) is 5.76 Å². The normalized spacial score (nSPS) is 15.9. The molecule has 11 heteroatoms. The molecule has 2 N–H and O–H groups in total. The molecule has 1 saturated heterocycles. The van der Waals surface area contributed by atoms with E-state index in [1.165, 1.54) is 35.6 Å². The van der Waals surface area contributed by atoms with Crippen molar-refractivity contribution in [3.05, 3.63) is 47.7 Å². The summed E-state index contributed by atoms with van der Waals surface area (Å²) in [5, 5.41) is 2.26. The number of furan rings is 1. The van der Waals surface area contributed by atoms with Crippen molar-refractivity contribution in [1.29, 1.82) is 0 Å². The first kappa shape index (κ1) is 21.5. The van der Waals surface area contributed by atoms with Crippen LogP contribution in [0.4, 0.5) is 0 Å². The van der Waals surface area contributed by atoms with Crippen molar-refractivity contribution >= 4 is 26.0 Å². The molecule has 0 radical (unpaired) electrons. The Kier molecular flexibility index (Phi) is 6.42. The zero-order valence-corrected chi connectivity index (χ0v) is 17.6. The van der Waals surface area contributed by atoms with Crippen LogP contribution in [0.25, 0.3) is 0 Å². The zero-order valence-electron chi connectivity index (χ0n) is 15.9. The molecule has 2 aromatic rings. The Balaban J connectivity index is 1.62. The molecule has 0 aliphatic carbocycles. The number of piperidine rings is 1. The van der Waals surface area contributed by atoms with Crippen molar-refractivity contribution in [3.63, 3.8) is 0 Å². The van der Waals surface area contributed by atoms with Crippen molar-refractivity contribution in [2.45, 2.75) is 35.8 Å². The molecule has 0 saturated carbocycles. The van der Waals surface area contributed by atoms with E-state index in [-0.39, 0.29) is 22.3 Å². The van der Waals surface area contributed by atoms with Crippen LogP contribution in [-0.4, -0.2) is 47.2 Å². The van der Waals surface area contributed by atoms with Gasteiger partial charge in [0.25, 0.3) is 15.9 Å². The van der Waals surface area contributed by atoms with Crippen LogP contribution >= 0.6 is 0 Å². The van der Waals surface area contributed by atoms with Gasteiger partial charge in [-0.05, 0) is 49.7 Å². The first-order chi connectivity index (χ1) is 13.7. The molecule has 158 valence electrons. The number of hydrogen-bond donors (Lipinski definition) is 2. The maximum Gasteiger partial charge on any atom is 0.287 e. The summed E-state index contributed by atoms with van der Waals surface area (Å²) in [7, 11) is -6.02. The van der Waals surface area contributed by atoms with Crippen molar-refractivity contribution in [3.8, 4) is 0 Å². The van der Waals surface area contributed by atoms with Gasteiger partial charge in [-0.15, -0.1) is 0 Å². The molecule has 0 spiro atoms. The van der Waals surface area contributed by atoms with Crippen LogP contribution in [0.5, 0.6) is 0 Å². The summed E-state index contributed by atoms with van der Waals surface area (Å²) in [6.07, 6.45) is 2.78. The van der Waals surface area contributed by atoms with Crippen LogP contribution < -0.4 is 10.0 Å². The quantitative estimate of drug-likeness (QED) is 0.667.